The maximum absolute atomic E-state index is 11.3. The number of aryl methyl sites for hydroxylation is 1. The van der Waals surface area contributed by atoms with E-state index in [1.54, 1.807) is 0 Å². The molecule has 0 radical (unpaired) electrons. The van der Waals surface area contributed by atoms with Crippen LogP contribution in [0.1, 0.15) is 27.4 Å². The molecule has 1 rings (SSSR count). The first-order valence-corrected chi connectivity index (χ1v) is 4.52. The summed E-state index contributed by atoms with van der Waals surface area (Å²) in [5.74, 6) is 0.0784. The zero-order valence-electron chi connectivity index (χ0n) is 6.83. The van der Waals surface area contributed by atoms with Crippen LogP contribution in [0, 0.1) is 18.3 Å². The van der Waals surface area contributed by atoms with E-state index in [1.807, 2.05) is 25.1 Å². The third-order valence-corrected chi connectivity index (χ3v) is 2.52. The molecule has 0 aliphatic heterocycles. The van der Waals surface area contributed by atoms with E-state index in [4.69, 9.17) is 5.26 Å². The maximum Gasteiger partial charge on any atom is 0.173 e. The second-order valence-corrected chi connectivity index (χ2v) is 3.78. The number of nitriles is 1. The molecule has 1 aromatic heterocycles. The molecule has 0 fully saturated rings. The van der Waals surface area contributed by atoms with Gasteiger partial charge in [-0.05, 0) is 19.1 Å². The van der Waals surface area contributed by atoms with Gasteiger partial charge in [0.05, 0.1) is 10.9 Å². The highest BCUT2D eigenvalue weighted by Crippen LogP contribution is 2.17. The SMILES string of the molecule is Cc1ccc(C(=O)CCC#N)s1. The monoisotopic (exact) mass is 179 g/mol. The van der Waals surface area contributed by atoms with Crippen LogP contribution in [-0.4, -0.2) is 5.78 Å². The van der Waals surface area contributed by atoms with Crippen molar-refractivity contribution in [2.75, 3.05) is 0 Å². The van der Waals surface area contributed by atoms with E-state index in [0.29, 0.717) is 12.8 Å². The van der Waals surface area contributed by atoms with Gasteiger partial charge in [0.2, 0.25) is 0 Å². The van der Waals surface area contributed by atoms with E-state index in [0.717, 1.165) is 9.75 Å². The van der Waals surface area contributed by atoms with Gasteiger partial charge in [-0.25, -0.2) is 0 Å². The number of hydrogen-bond donors (Lipinski definition) is 0. The molecule has 12 heavy (non-hydrogen) atoms. The molecule has 0 saturated carbocycles. The van der Waals surface area contributed by atoms with E-state index in [-0.39, 0.29) is 5.78 Å². The maximum atomic E-state index is 11.3. The molecule has 0 aliphatic rings. The molecule has 3 heteroatoms. The Balaban J connectivity index is 2.61. The fraction of sp³-hybridized carbons (Fsp3) is 0.333. The number of nitrogens with zero attached hydrogens (tertiary/aromatic N) is 1. The van der Waals surface area contributed by atoms with Gasteiger partial charge in [-0.3, -0.25) is 4.79 Å². The molecule has 1 aromatic rings. The fourth-order valence-corrected chi connectivity index (χ4v) is 1.71. The van der Waals surface area contributed by atoms with Gasteiger partial charge in [-0.1, -0.05) is 0 Å². The van der Waals surface area contributed by atoms with Gasteiger partial charge in [0.25, 0.3) is 0 Å². The van der Waals surface area contributed by atoms with Crippen LogP contribution >= 0.6 is 11.3 Å². The van der Waals surface area contributed by atoms with Crippen LogP contribution in [0.25, 0.3) is 0 Å². The number of carbonyl (C=O) groups excluding carboxylic acids is 1. The average Bonchev–Trinajstić information content (AvgIpc) is 2.47. The van der Waals surface area contributed by atoms with Crippen LogP contribution in [-0.2, 0) is 0 Å². The summed E-state index contributed by atoms with van der Waals surface area (Å²) in [7, 11) is 0. The standard InChI is InChI=1S/C9H9NOS/c1-7-4-5-9(12-7)8(11)3-2-6-10/h4-5H,2-3H2,1H3. The molecule has 0 unspecified atom stereocenters. The molecule has 0 saturated heterocycles. The third-order valence-electron chi connectivity index (χ3n) is 1.48. The molecular formula is C9H9NOS. The van der Waals surface area contributed by atoms with E-state index < -0.39 is 0 Å². The van der Waals surface area contributed by atoms with Crippen molar-refractivity contribution >= 4 is 17.1 Å². The highest BCUT2D eigenvalue weighted by molar-refractivity contribution is 7.14. The summed E-state index contributed by atoms with van der Waals surface area (Å²) in [5, 5.41) is 8.27. The smallest absolute Gasteiger partial charge is 0.173 e. The van der Waals surface area contributed by atoms with E-state index in [9.17, 15) is 4.79 Å². The van der Waals surface area contributed by atoms with Gasteiger partial charge in [0.1, 0.15) is 0 Å². The molecule has 0 bridgehead atoms. The minimum atomic E-state index is 0.0784. The summed E-state index contributed by atoms with van der Waals surface area (Å²) in [4.78, 5) is 13.2. The molecule has 0 aromatic carbocycles. The predicted octanol–water partition coefficient (Wildman–Crippen LogP) is 2.54. The molecular weight excluding hydrogens is 170 g/mol. The summed E-state index contributed by atoms with van der Waals surface area (Å²) in [6.45, 7) is 1.96. The number of ketones is 1. The lowest BCUT2D eigenvalue weighted by atomic mass is 10.2. The quantitative estimate of drug-likeness (QED) is 0.669. The van der Waals surface area contributed by atoms with Crippen molar-refractivity contribution in [1.29, 1.82) is 5.26 Å². The Labute approximate surface area is 75.5 Å². The number of rotatable bonds is 3. The minimum Gasteiger partial charge on any atom is -0.293 e. The Morgan fingerprint density at radius 2 is 2.42 bits per heavy atom. The van der Waals surface area contributed by atoms with Crippen LogP contribution in [0.5, 0.6) is 0 Å². The second-order valence-electron chi connectivity index (χ2n) is 2.49. The zero-order valence-corrected chi connectivity index (χ0v) is 7.65. The van der Waals surface area contributed by atoms with Crippen molar-refractivity contribution in [3.63, 3.8) is 0 Å². The van der Waals surface area contributed by atoms with Gasteiger partial charge < -0.3 is 0 Å². The van der Waals surface area contributed by atoms with Crippen molar-refractivity contribution in [1.82, 2.24) is 0 Å². The van der Waals surface area contributed by atoms with Gasteiger partial charge in [0, 0.05) is 17.7 Å². The van der Waals surface area contributed by atoms with Crippen LogP contribution in [0.3, 0.4) is 0 Å². The first-order valence-electron chi connectivity index (χ1n) is 3.70. The van der Waals surface area contributed by atoms with Crippen LogP contribution < -0.4 is 0 Å². The van der Waals surface area contributed by atoms with Crippen molar-refractivity contribution in [2.24, 2.45) is 0 Å². The van der Waals surface area contributed by atoms with Gasteiger partial charge in [-0.15, -0.1) is 11.3 Å². The fourth-order valence-electron chi connectivity index (χ4n) is 0.877. The Hall–Kier alpha value is -1.14. The van der Waals surface area contributed by atoms with Crippen LogP contribution in [0.15, 0.2) is 12.1 Å². The minimum absolute atomic E-state index is 0.0784. The van der Waals surface area contributed by atoms with Gasteiger partial charge in [0.15, 0.2) is 5.78 Å². The Bertz CT molecular complexity index is 322. The summed E-state index contributed by atoms with van der Waals surface area (Å²) >= 11 is 1.49. The highest BCUT2D eigenvalue weighted by atomic mass is 32.1. The number of carbonyl (C=O) groups is 1. The first-order chi connectivity index (χ1) is 5.74. The lowest BCUT2D eigenvalue weighted by molar-refractivity contribution is 0.0988. The molecule has 0 aliphatic carbocycles. The van der Waals surface area contributed by atoms with E-state index in [1.165, 1.54) is 11.3 Å². The molecule has 0 amide bonds. The second kappa shape index (κ2) is 4.03. The lowest BCUT2D eigenvalue weighted by Crippen LogP contribution is -1.93. The van der Waals surface area contributed by atoms with Crippen molar-refractivity contribution in [3.8, 4) is 6.07 Å². The largest absolute Gasteiger partial charge is 0.293 e. The topological polar surface area (TPSA) is 40.9 Å². The predicted molar refractivity (Wildman–Crippen MR) is 48.2 cm³/mol. The van der Waals surface area contributed by atoms with Crippen molar-refractivity contribution < 1.29 is 4.79 Å². The molecule has 62 valence electrons. The molecule has 2 nitrogen and oxygen atoms in total. The molecule has 0 atom stereocenters. The molecule has 0 spiro atoms. The summed E-state index contributed by atoms with van der Waals surface area (Å²) in [6, 6.07) is 5.70. The van der Waals surface area contributed by atoms with Crippen molar-refractivity contribution in [3.05, 3.63) is 21.9 Å². The Kier molecular flexibility index (Phi) is 3.01. The summed E-state index contributed by atoms with van der Waals surface area (Å²) in [6.07, 6.45) is 0.659. The highest BCUT2D eigenvalue weighted by Gasteiger charge is 2.06. The third kappa shape index (κ3) is 2.18. The van der Waals surface area contributed by atoms with Crippen molar-refractivity contribution in [2.45, 2.75) is 19.8 Å². The normalized spacial score (nSPS) is 9.33. The van der Waals surface area contributed by atoms with E-state index in [2.05, 4.69) is 0 Å². The summed E-state index contributed by atoms with van der Waals surface area (Å²) < 4.78 is 0. The molecule has 1 heterocycles. The van der Waals surface area contributed by atoms with Crippen LogP contribution in [0.2, 0.25) is 0 Å². The van der Waals surface area contributed by atoms with Gasteiger partial charge >= 0.3 is 0 Å². The summed E-state index contributed by atoms with van der Waals surface area (Å²) in [5.41, 5.74) is 0. The Morgan fingerprint density at radius 3 is 2.92 bits per heavy atom. The van der Waals surface area contributed by atoms with Gasteiger partial charge in [-0.2, -0.15) is 5.26 Å². The Morgan fingerprint density at radius 1 is 1.67 bits per heavy atom. The molecule has 0 N–H and O–H groups in total. The number of hydrogen-bond acceptors (Lipinski definition) is 3. The average molecular weight is 179 g/mol. The zero-order chi connectivity index (χ0) is 8.97. The first kappa shape index (κ1) is 8.95. The van der Waals surface area contributed by atoms with E-state index >= 15 is 0 Å². The lowest BCUT2D eigenvalue weighted by Gasteiger charge is -1.90. The number of thiophene rings is 1. The van der Waals surface area contributed by atoms with Crippen LogP contribution in [0.4, 0.5) is 0 Å². The number of Topliss-reactive ketones (excluding diaryl/α,β-unsaturated/α-hetero) is 1.